The van der Waals surface area contributed by atoms with Gasteiger partial charge in [-0.15, -0.1) is 24.0 Å². The van der Waals surface area contributed by atoms with Gasteiger partial charge in [0.15, 0.2) is 5.96 Å². The third-order valence-corrected chi connectivity index (χ3v) is 4.44. The third-order valence-electron chi connectivity index (χ3n) is 4.44. The highest BCUT2D eigenvalue weighted by molar-refractivity contribution is 14.0. The number of nitrogens with one attached hydrogen (secondary N) is 2. The van der Waals surface area contributed by atoms with Crippen LogP contribution >= 0.6 is 24.0 Å². The van der Waals surface area contributed by atoms with Crippen LogP contribution in [0.2, 0.25) is 0 Å². The minimum Gasteiger partial charge on any atom is -0.372 e. The predicted molar refractivity (Wildman–Crippen MR) is 122 cm³/mol. The molecule has 0 atom stereocenters. The van der Waals surface area contributed by atoms with Crippen LogP contribution in [0.5, 0.6) is 0 Å². The van der Waals surface area contributed by atoms with E-state index in [2.05, 4.69) is 64.2 Å². The van der Waals surface area contributed by atoms with Crippen LogP contribution in [0.1, 0.15) is 29.5 Å². The van der Waals surface area contributed by atoms with Gasteiger partial charge in [-0.3, -0.25) is 4.99 Å². The van der Waals surface area contributed by atoms with E-state index in [1.54, 1.807) is 0 Å². The van der Waals surface area contributed by atoms with Gasteiger partial charge >= 0.3 is 0 Å². The number of nitrogens with zero attached hydrogens (tertiary/aromatic N) is 1. The lowest BCUT2D eigenvalue weighted by molar-refractivity contribution is 0.107. The number of rotatable bonds is 7. The molecule has 0 fully saturated rings. The molecule has 2 N–H and O–H groups in total. The Morgan fingerprint density at radius 2 is 1.52 bits per heavy atom. The highest BCUT2D eigenvalue weighted by Crippen LogP contribution is 2.10. The van der Waals surface area contributed by atoms with Crippen molar-refractivity contribution < 1.29 is 4.74 Å². The molecule has 0 saturated heterocycles. The Kier molecular flexibility index (Phi) is 9.35. The monoisotopic (exact) mass is 477 g/mol. The number of hydrogen-bond acceptors (Lipinski definition) is 2. The molecular formula is C22H28IN3O. The molecule has 0 heterocycles. The summed E-state index contributed by atoms with van der Waals surface area (Å²) in [6, 6.07) is 19.2. The van der Waals surface area contributed by atoms with Crippen molar-refractivity contribution in [2.75, 3.05) is 7.05 Å². The van der Waals surface area contributed by atoms with Crippen molar-refractivity contribution in [1.29, 1.82) is 0 Å². The Morgan fingerprint density at radius 1 is 0.926 bits per heavy atom. The highest BCUT2D eigenvalue weighted by Gasteiger charge is 2.11. The molecule has 0 unspecified atom stereocenters. The molecule has 0 radical (unpaired) electrons. The van der Waals surface area contributed by atoms with Crippen molar-refractivity contribution in [3.8, 4) is 0 Å². The zero-order valence-corrected chi connectivity index (χ0v) is 18.1. The summed E-state index contributed by atoms with van der Waals surface area (Å²) < 4.78 is 5.78. The molecule has 144 valence electrons. The van der Waals surface area contributed by atoms with E-state index in [0.717, 1.165) is 25.3 Å². The zero-order valence-electron chi connectivity index (χ0n) is 15.7. The average molecular weight is 477 g/mol. The lowest BCUT2D eigenvalue weighted by Crippen LogP contribution is -2.42. The van der Waals surface area contributed by atoms with Crippen LogP contribution in [0.15, 0.2) is 71.7 Å². The second kappa shape index (κ2) is 11.8. The van der Waals surface area contributed by atoms with Crippen LogP contribution in [0.4, 0.5) is 0 Å². The number of benzene rings is 2. The number of aliphatic imine (C=N–C) groups is 1. The molecule has 0 aromatic heterocycles. The molecule has 2 aromatic rings. The summed E-state index contributed by atoms with van der Waals surface area (Å²) in [7, 11) is 1.81. The summed E-state index contributed by atoms with van der Waals surface area (Å²) in [6.07, 6.45) is 6.56. The van der Waals surface area contributed by atoms with Crippen molar-refractivity contribution in [3.63, 3.8) is 0 Å². The smallest absolute Gasteiger partial charge is 0.191 e. The summed E-state index contributed by atoms with van der Waals surface area (Å²) in [6.45, 7) is 2.02. The fraction of sp³-hybridized carbons (Fsp3) is 0.318. The maximum atomic E-state index is 5.78. The Hall–Kier alpha value is -1.86. The molecular weight excluding hydrogens is 449 g/mol. The van der Waals surface area contributed by atoms with Gasteiger partial charge in [-0.05, 0) is 29.5 Å². The van der Waals surface area contributed by atoms with Gasteiger partial charge in [-0.2, -0.15) is 0 Å². The summed E-state index contributed by atoms with van der Waals surface area (Å²) >= 11 is 0. The van der Waals surface area contributed by atoms with E-state index in [1.165, 1.54) is 16.7 Å². The van der Waals surface area contributed by atoms with Crippen LogP contribution in [0.25, 0.3) is 0 Å². The lowest BCUT2D eigenvalue weighted by Gasteiger charge is -2.17. The molecule has 0 aliphatic heterocycles. The average Bonchev–Trinajstić information content (AvgIpc) is 3.20. The Morgan fingerprint density at radius 3 is 2.15 bits per heavy atom. The first-order valence-corrected chi connectivity index (χ1v) is 9.15. The van der Waals surface area contributed by atoms with Crippen molar-refractivity contribution in [1.82, 2.24) is 10.6 Å². The van der Waals surface area contributed by atoms with E-state index >= 15 is 0 Å². The Balaban J connectivity index is 0.00000261. The van der Waals surface area contributed by atoms with Gasteiger partial charge < -0.3 is 15.4 Å². The fourth-order valence-corrected chi connectivity index (χ4v) is 2.92. The van der Waals surface area contributed by atoms with E-state index < -0.39 is 0 Å². The largest absolute Gasteiger partial charge is 0.372 e. The van der Waals surface area contributed by atoms with Crippen LogP contribution in [-0.4, -0.2) is 19.0 Å². The molecule has 1 aliphatic rings. The van der Waals surface area contributed by atoms with Gasteiger partial charge in [-0.25, -0.2) is 0 Å². The molecule has 0 bridgehead atoms. The maximum Gasteiger partial charge on any atom is 0.191 e. The molecule has 2 aromatic carbocycles. The highest BCUT2D eigenvalue weighted by atomic mass is 127. The van der Waals surface area contributed by atoms with Crippen LogP contribution < -0.4 is 10.6 Å². The van der Waals surface area contributed by atoms with Gasteiger partial charge in [0, 0.05) is 19.6 Å². The van der Waals surface area contributed by atoms with Crippen molar-refractivity contribution >= 4 is 29.9 Å². The second-order valence-corrected chi connectivity index (χ2v) is 6.50. The van der Waals surface area contributed by atoms with Gasteiger partial charge in [0.05, 0.1) is 13.2 Å². The Labute approximate surface area is 179 Å². The molecule has 5 heteroatoms. The predicted octanol–water partition coefficient (Wildman–Crippen LogP) is 4.41. The van der Waals surface area contributed by atoms with Crippen LogP contribution in [0, 0.1) is 0 Å². The van der Waals surface area contributed by atoms with Gasteiger partial charge in [0.2, 0.25) is 0 Å². The first-order chi connectivity index (χ1) is 12.8. The standard InChI is InChI=1S/C22H27N3O.HI/c1-23-22(25-21-9-5-6-10-21)24-15-18-11-13-20(14-12-18)17-26-16-19-7-3-2-4-8-19;/h2-8,11-14,21H,9-10,15-17H2,1H3,(H2,23,24,25);1H. The van der Waals surface area contributed by atoms with Crippen LogP contribution in [0.3, 0.4) is 0 Å². The molecule has 0 amide bonds. The van der Waals surface area contributed by atoms with E-state index in [-0.39, 0.29) is 24.0 Å². The van der Waals surface area contributed by atoms with E-state index in [9.17, 15) is 0 Å². The van der Waals surface area contributed by atoms with E-state index in [4.69, 9.17) is 4.74 Å². The molecule has 3 rings (SSSR count). The van der Waals surface area contributed by atoms with E-state index in [0.29, 0.717) is 19.3 Å². The molecule has 0 saturated carbocycles. The summed E-state index contributed by atoms with van der Waals surface area (Å²) in [5.41, 5.74) is 3.61. The maximum absolute atomic E-state index is 5.78. The third kappa shape index (κ3) is 7.34. The second-order valence-electron chi connectivity index (χ2n) is 6.50. The number of ether oxygens (including phenoxy) is 1. The summed E-state index contributed by atoms with van der Waals surface area (Å²) in [4.78, 5) is 4.30. The summed E-state index contributed by atoms with van der Waals surface area (Å²) in [5, 5.41) is 6.82. The number of hydrogen-bond donors (Lipinski definition) is 2. The quantitative estimate of drug-likeness (QED) is 0.269. The minimum atomic E-state index is 0. The van der Waals surface area contributed by atoms with Crippen molar-refractivity contribution in [3.05, 3.63) is 83.4 Å². The Bertz CT molecular complexity index is 721. The topological polar surface area (TPSA) is 45.7 Å². The fourth-order valence-electron chi connectivity index (χ4n) is 2.92. The van der Waals surface area contributed by atoms with Gasteiger partial charge in [-0.1, -0.05) is 66.7 Å². The zero-order chi connectivity index (χ0) is 18.0. The van der Waals surface area contributed by atoms with Gasteiger partial charge in [0.25, 0.3) is 0 Å². The van der Waals surface area contributed by atoms with Crippen molar-refractivity contribution in [2.24, 2.45) is 4.99 Å². The molecule has 0 spiro atoms. The van der Waals surface area contributed by atoms with Crippen molar-refractivity contribution in [2.45, 2.75) is 38.6 Å². The lowest BCUT2D eigenvalue weighted by atomic mass is 10.1. The van der Waals surface area contributed by atoms with E-state index in [1.807, 2.05) is 25.2 Å². The van der Waals surface area contributed by atoms with Crippen LogP contribution in [-0.2, 0) is 24.5 Å². The molecule has 27 heavy (non-hydrogen) atoms. The summed E-state index contributed by atoms with van der Waals surface area (Å²) in [5.74, 6) is 0.856. The normalized spacial score (nSPS) is 14.0. The molecule has 4 nitrogen and oxygen atoms in total. The van der Waals surface area contributed by atoms with Gasteiger partial charge in [0.1, 0.15) is 0 Å². The first kappa shape index (κ1) is 21.4. The first-order valence-electron chi connectivity index (χ1n) is 9.15. The number of guanidine groups is 1. The SMILES string of the molecule is CN=C(NCc1ccc(COCc2ccccc2)cc1)NC1CC=CC1.I. The molecule has 1 aliphatic carbocycles. The minimum absolute atomic E-state index is 0. The number of halogens is 1.